The molecule has 1 aliphatic heterocycles. The molecule has 8 heteroatoms. The summed E-state index contributed by atoms with van der Waals surface area (Å²) in [6.45, 7) is 9.71. The van der Waals surface area contributed by atoms with Crippen molar-refractivity contribution in [2.24, 2.45) is 17.3 Å². The highest BCUT2D eigenvalue weighted by Gasteiger charge is 2.32. The molecule has 0 N–H and O–H groups in total. The molecule has 2 aromatic rings. The zero-order valence-corrected chi connectivity index (χ0v) is 19.6. The van der Waals surface area contributed by atoms with Crippen LogP contribution in [0.3, 0.4) is 0 Å². The minimum atomic E-state index is -4.21. The Balaban J connectivity index is 1.61. The van der Waals surface area contributed by atoms with Crippen molar-refractivity contribution in [2.75, 3.05) is 6.61 Å². The van der Waals surface area contributed by atoms with Crippen molar-refractivity contribution in [1.29, 1.82) is 0 Å². The summed E-state index contributed by atoms with van der Waals surface area (Å²) < 4.78 is 38.3. The maximum Gasteiger partial charge on any atom is 0.341 e. The molecule has 7 nitrogen and oxygen atoms in total. The summed E-state index contributed by atoms with van der Waals surface area (Å²) in [6.07, 6.45) is 4.10. The Morgan fingerprint density at radius 2 is 2.00 bits per heavy atom. The monoisotopic (exact) mass is 448 g/mol. The Morgan fingerprint density at radius 1 is 1.26 bits per heavy atom. The lowest BCUT2D eigenvalue weighted by atomic mass is 9.92. The van der Waals surface area contributed by atoms with E-state index in [1.165, 1.54) is 25.0 Å². The van der Waals surface area contributed by atoms with Gasteiger partial charge in [-0.3, -0.25) is 4.79 Å². The molecule has 1 aromatic carbocycles. The Hall–Kier alpha value is -1.93. The van der Waals surface area contributed by atoms with Gasteiger partial charge in [0.15, 0.2) is 0 Å². The Labute approximate surface area is 184 Å². The van der Waals surface area contributed by atoms with E-state index in [0.29, 0.717) is 30.9 Å². The molecule has 1 aliphatic carbocycles. The first-order chi connectivity index (χ1) is 14.5. The quantitative estimate of drug-likeness (QED) is 0.619. The highest BCUT2D eigenvalue weighted by atomic mass is 32.2. The van der Waals surface area contributed by atoms with Crippen LogP contribution in [0.2, 0.25) is 0 Å². The molecule has 1 saturated carbocycles. The Bertz CT molecular complexity index is 1080. The lowest BCUT2D eigenvalue weighted by Crippen LogP contribution is -2.31. The van der Waals surface area contributed by atoms with E-state index in [2.05, 4.69) is 25.3 Å². The number of benzene rings is 1. The zero-order valence-electron chi connectivity index (χ0n) is 18.8. The molecular weight excluding hydrogens is 416 g/mol. The molecule has 2 fully saturated rings. The molecule has 170 valence electrons. The third-order valence-corrected chi connectivity index (χ3v) is 7.14. The van der Waals surface area contributed by atoms with Crippen LogP contribution >= 0.6 is 0 Å². The van der Waals surface area contributed by atoms with E-state index in [-0.39, 0.29) is 16.4 Å². The fourth-order valence-electron chi connectivity index (χ4n) is 4.12. The van der Waals surface area contributed by atoms with Crippen LogP contribution in [-0.4, -0.2) is 36.6 Å². The van der Waals surface area contributed by atoms with Gasteiger partial charge in [-0.2, -0.15) is 8.42 Å². The SMILES string of the molecule is CC1CC(C(=O)OS(=O)(=O)c2ccc3c(c2)nc(CC(C)(C)C)n3CC2CC2)CCO1. The van der Waals surface area contributed by atoms with E-state index < -0.39 is 22.0 Å². The molecule has 4 rings (SSSR count). The number of aromatic nitrogens is 2. The lowest BCUT2D eigenvalue weighted by molar-refractivity contribution is -0.143. The van der Waals surface area contributed by atoms with Crippen LogP contribution < -0.4 is 0 Å². The molecule has 0 amide bonds. The third-order valence-electron chi connectivity index (χ3n) is 5.92. The number of hydrogen-bond donors (Lipinski definition) is 0. The van der Waals surface area contributed by atoms with Crippen LogP contribution in [0.25, 0.3) is 11.0 Å². The van der Waals surface area contributed by atoms with Crippen molar-refractivity contribution in [3.05, 3.63) is 24.0 Å². The van der Waals surface area contributed by atoms with Crippen LogP contribution in [0.1, 0.15) is 59.2 Å². The van der Waals surface area contributed by atoms with Crippen molar-refractivity contribution in [2.45, 2.75) is 77.3 Å². The fraction of sp³-hybridized carbons (Fsp3) is 0.652. The van der Waals surface area contributed by atoms with Crippen LogP contribution in [0.5, 0.6) is 0 Å². The molecule has 2 aliphatic rings. The van der Waals surface area contributed by atoms with Crippen LogP contribution in [0.4, 0.5) is 0 Å². The summed E-state index contributed by atoms with van der Waals surface area (Å²) in [4.78, 5) is 17.2. The average Bonchev–Trinajstić information content (AvgIpc) is 3.42. The standard InChI is InChI=1S/C23H32N2O5S/c1-15-11-17(9-10-29-15)22(26)30-31(27,28)18-7-8-20-19(12-18)24-21(13-23(2,3)4)25(20)14-16-5-6-16/h7-8,12,15-17H,5-6,9-11,13-14H2,1-4H3. The minimum Gasteiger partial charge on any atom is -0.378 e. The molecular formula is C23H32N2O5S. The van der Waals surface area contributed by atoms with Crippen molar-refractivity contribution >= 4 is 27.1 Å². The second kappa shape index (κ2) is 8.20. The molecule has 0 spiro atoms. The number of carbonyl (C=O) groups excluding carboxylic acids is 1. The van der Waals surface area contributed by atoms with Gasteiger partial charge in [0.2, 0.25) is 0 Å². The molecule has 1 saturated heterocycles. The summed E-state index contributed by atoms with van der Waals surface area (Å²) >= 11 is 0. The van der Waals surface area contributed by atoms with E-state index >= 15 is 0 Å². The van der Waals surface area contributed by atoms with Crippen LogP contribution in [0, 0.1) is 17.3 Å². The summed E-state index contributed by atoms with van der Waals surface area (Å²) in [6, 6.07) is 4.83. The van der Waals surface area contributed by atoms with Crippen LogP contribution in [0.15, 0.2) is 23.1 Å². The number of rotatable bonds is 6. The van der Waals surface area contributed by atoms with E-state index in [1.54, 1.807) is 6.07 Å². The van der Waals surface area contributed by atoms with E-state index in [1.807, 2.05) is 6.92 Å². The van der Waals surface area contributed by atoms with Gasteiger partial charge in [-0.1, -0.05) is 20.8 Å². The third kappa shape index (κ3) is 5.29. The van der Waals surface area contributed by atoms with Gasteiger partial charge < -0.3 is 13.5 Å². The van der Waals surface area contributed by atoms with Gasteiger partial charge in [0, 0.05) is 19.6 Å². The van der Waals surface area contributed by atoms with Gasteiger partial charge in [-0.15, -0.1) is 0 Å². The second-order valence-electron chi connectivity index (χ2n) is 10.2. The van der Waals surface area contributed by atoms with Gasteiger partial charge in [0.1, 0.15) is 10.7 Å². The van der Waals surface area contributed by atoms with Gasteiger partial charge in [-0.05, 0) is 62.1 Å². The number of hydrogen-bond acceptors (Lipinski definition) is 6. The van der Waals surface area contributed by atoms with Gasteiger partial charge >= 0.3 is 16.1 Å². The molecule has 2 atom stereocenters. The number of carbonyl (C=O) groups is 1. The normalized spacial score (nSPS) is 22.6. The highest BCUT2D eigenvalue weighted by molar-refractivity contribution is 7.87. The predicted octanol–water partition coefficient (Wildman–Crippen LogP) is 4.08. The molecule has 2 heterocycles. The van der Waals surface area contributed by atoms with E-state index in [9.17, 15) is 13.2 Å². The summed E-state index contributed by atoms with van der Waals surface area (Å²) in [5, 5.41) is 0. The summed E-state index contributed by atoms with van der Waals surface area (Å²) in [5.41, 5.74) is 1.61. The largest absolute Gasteiger partial charge is 0.378 e. The number of nitrogens with zero attached hydrogens (tertiary/aromatic N) is 2. The van der Waals surface area contributed by atoms with Gasteiger partial charge in [0.05, 0.1) is 23.1 Å². The first kappa shape index (κ1) is 22.3. The van der Waals surface area contributed by atoms with Crippen molar-refractivity contribution < 1.29 is 22.1 Å². The van der Waals surface area contributed by atoms with Crippen molar-refractivity contribution in [3.8, 4) is 0 Å². The lowest BCUT2D eigenvalue weighted by Gasteiger charge is -2.25. The highest BCUT2D eigenvalue weighted by Crippen LogP contribution is 2.34. The maximum absolute atomic E-state index is 12.8. The Kier molecular flexibility index (Phi) is 5.89. The molecule has 0 bridgehead atoms. The van der Waals surface area contributed by atoms with E-state index in [0.717, 1.165) is 24.3 Å². The van der Waals surface area contributed by atoms with Crippen LogP contribution in [-0.2, 0) is 36.8 Å². The first-order valence-electron chi connectivity index (χ1n) is 11.1. The first-order valence-corrected chi connectivity index (χ1v) is 12.5. The van der Waals surface area contributed by atoms with Gasteiger partial charge in [0.25, 0.3) is 0 Å². The smallest absolute Gasteiger partial charge is 0.341 e. The maximum atomic E-state index is 12.8. The average molecular weight is 449 g/mol. The predicted molar refractivity (Wildman–Crippen MR) is 117 cm³/mol. The topological polar surface area (TPSA) is 87.5 Å². The number of imidazole rings is 1. The zero-order chi connectivity index (χ0) is 22.4. The fourth-order valence-corrected chi connectivity index (χ4v) is 5.06. The van der Waals surface area contributed by atoms with Crippen molar-refractivity contribution in [3.63, 3.8) is 0 Å². The summed E-state index contributed by atoms with van der Waals surface area (Å²) in [5.74, 6) is 0.473. The molecule has 31 heavy (non-hydrogen) atoms. The summed E-state index contributed by atoms with van der Waals surface area (Å²) in [7, 11) is -4.21. The Morgan fingerprint density at radius 3 is 2.65 bits per heavy atom. The second-order valence-corrected chi connectivity index (χ2v) is 11.8. The van der Waals surface area contributed by atoms with E-state index in [4.69, 9.17) is 13.9 Å². The molecule has 1 aromatic heterocycles. The molecule has 2 unspecified atom stereocenters. The number of fused-ring (bicyclic) bond motifs is 1. The minimum absolute atomic E-state index is 0.0353. The van der Waals surface area contributed by atoms with Gasteiger partial charge in [-0.25, -0.2) is 4.98 Å². The van der Waals surface area contributed by atoms with Crippen molar-refractivity contribution in [1.82, 2.24) is 9.55 Å². The molecule has 0 radical (unpaired) electrons. The number of ether oxygens (including phenoxy) is 1.